The van der Waals surface area contributed by atoms with Crippen LogP contribution in [0.15, 0.2) is 60.7 Å². The number of carbonyl (C=O) groups excluding carboxylic acids is 2. The van der Waals surface area contributed by atoms with Gasteiger partial charge in [0.25, 0.3) is 5.91 Å². The summed E-state index contributed by atoms with van der Waals surface area (Å²) in [6.07, 6.45) is 0.192. The highest BCUT2D eigenvalue weighted by atomic mass is 16.5. The van der Waals surface area contributed by atoms with E-state index in [0.717, 1.165) is 16.3 Å². The molecule has 2 N–H and O–H groups in total. The molecular weight excluding hydrogens is 368 g/mol. The van der Waals surface area contributed by atoms with Crippen molar-refractivity contribution in [1.29, 1.82) is 0 Å². The minimum atomic E-state index is -0.194. The molecule has 0 spiro atoms. The molecule has 150 valence electrons. The second-order valence-electron chi connectivity index (χ2n) is 6.52. The molecule has 3 rings (SSSR count). The van der Waals surface area contributed by atoms with Crippen LogP contribution in [0.5, 0.6) is 11.5 Å². The molecule has 0 atom stereocenters. The molecule has 0 fully saturated rings. The van der Waals surface area contributed by atoms with Crippen molar-refractivity contribution in [2.75, 3.05) is 20.8 Å². The summed E-state index contributed by atoms with van der Waals surface area (Å²) in [5, 5.41) is 7.71. The van der Waals surface area contributed by atoms with Gasteiger partial charge in [0.2, 0.25) is 5.91 Å². The highest BCUT2D eigenvalue weighted by molar-refractivity contribution is 5.98. The van der Waals surface area contributed by atoms with Crippen LogP contribution in [0.25, 0.3) is 10.8 Å². The van der Waals surface area contributed by atoms with Gasteiger partial charge in [-0.3, -0.25) is 9.59 Å². The van der Waals surface area contributed by atoms with Crippen LogP contribution < -0.4 is 20.1 Å². The molecule has 3 aromatic rings. The summed E-state index contributed by atoms with van der Waals surface area (Å²) in [5.74, 6) is 0.990. The van der Waals surface area contributed by atoms with E-state index >= 15 is 0 Å². The van der Waals surface area contributed by atoms with E-state index in [1.807, 2.05) is 48.5 Å². The van der Waals surface area contributed by atoms with E-state index in [1.165, 1.54) is 0 Å². The smallest absolute Gasteiger partial charge is 0.251 e. The molecule has 0 saturated heterocycles. The average Bonchev–Trinajstić information content (AvgIpc) is 2.77. The number of amides is 2. The fraction of sp³-hybridized carbons (Fsp3) is 0.217. The highest BCUT2D eigenvalue weighted by Crippen LogP contribution is 2.24. The number of fused-ring (bicyclic) bond motifs is 1. The normalized spacial score (nSPS) is 10.4. The van der Waals surface area contributed by atoms with E-state index in [1.54, 1.807) is 26.4 Å². The van der Waals surface area contributed by atoms with Crippen LogP contribution in [0.1, 0.15) is 22.3 Å². The Kier molecular flexibility index (Phi) is 6.68. The molecule has 0 radical (unpaired) electrons. The number of hydrogen-bond donors (Lipinski definition) is 2. The Morgan fingerprint density at radius 2 is 1.66 bits per heavy atom. The first-order valence-corrected chi connectivity index (χ1v) is 9.35. The lowest BCUT2D eigenvalue weighted by molar-refractivity contribution is -0.121. The van der Waals surface area contributed by atoms with E-state index in [0.29, 0.717) is 23.6 Å². The minimum Gasteiger partial charge on any atom is -0.497 e. The van der Waals surface area contributed by atoms with Crippen LogP contribution in [0, 0.1) is 0 Å². The van der Waals surface area contributed by atoms with Gasteiger partial charge >= 0.3 is 0 Å². The van der Waals surface area contributed by atoms with Crippen LogP contribution in [-0.2, 0) is 11.3 Å². The minimum absolute atomic E-state index is 0.151. The van der Waals surface area contributed by atoms with Crippen molar-refractivity contribution in [1.82, 2.24) is 10.6 Å². The van der Waals surface area contributed by atoms with Crippen molar-refractivity contribution < 1.29 is 19.1 Å². The Morgan fingerprint density at radius 1 is 0.862 bits per heavy atom. The van der Waals surface area contributed by atoms with Gasteiger partial charge in [-0.2, -0.15) is 0 Å². The van der Waals surface area contributed by atoms with Gasteiger partial charge in [-0.25, -0.2) is 0 Å². The number of rotatable bonds is 8. The quantitative estimate of drug-likeness (QED) is 0.617. The maximum absolute atomic E-state index is 12.3. The van der Waals surface area contributed by atoms with Crippen LogP contribution in [0.4, 0.5) is 0 Å². The maximum Gasteiger partial charge on any atom is 0.251 e. The maximum atomic E-state index is 12.3. The zero-order chi connectivity index (χ0) is 20.6. The van der Waals surface area contributed by atoms with Gasteiger partial charge < -0.3 is 20.1 Å². The molecule has 2 amide bonds. The molecule has 0 aromatic heterocycles. The molecule has 0 aliphatic heterocycles. The fourth-order valence-corrected chi connectivity index (χ4v) is 3.00. The van der Waals surface area contributed by atoms with Crippen LogP contribution in [0.3, 0.4) is 0 Å². The molecule has 6 nitrogen and oxygen atoms in total. The SMILES string of the molecule is COc1ccc(CNC(=O)CCNC(=O)c2ccc3ccccc3c2)c(OC)c1. The van der Waals surface area contributed by atoms with Crippen LogP contribution >= 0.6 is 0 Å². The topological polar surface area (TPSA) is 76.7 Å². The van der Waals surface area contributed by atoms with Gasteiger partial charge in [0.1, 0.15) is 11.5 Å². The number of hydrogen-bond acceptors (Lipinski definition) is 4. The van der Waals surface area contributed by atoms with Gasteiger partial charge in [0.15, 0.2) is 0 Å². The molecule has 0 aliphatic carbocycles. The first-order chi connectivity index (χ1) is 14.1. The second-order valence-corrected chi connectivity index (χ2v) is 6.52. The molecule has 0 unspecified atom stereocenters. The molecule has 0 aliphatic rings. The molecule has 29 heavy (non-hydrogen) atoms. The second kappa shape index (κ2) is 9.59. The lowest BCUT2D eigenvalue weighted by Crippen LogP contribution is -2.30. The van der Waals surface area contributed by atoms with Gasteiger partial charge in [0.05, 0.1) is 14.2 Å². The largest absolute Gasteiger partial charge is 0.497 e. The molecule has 0 heterocycles. The van der Waals surface area contributed by atoms with Gasteiger partial charge in [-0.05, 0) is 35.0 Å². The van der Waals surface area contributed by atoms with E-state index in [-0.39, 0.29) is 24.8 Å². The first kappa shape index (κ1) is 20.2. The average molecular weight is 392 g/mol. The van der Waals surface area contributed by atoms with Crippen molar-refractivity contribution in [2.24, 2.45) is 0 Å². The van der Waals surface area contributed by atoms with Gasteiger partial charge in [-0.1, -0.05) is 30.3 Å². The zero-order valence-corrected chi connectivity index (χ0v) is 16.5. The molecule has 6 heteroatoms. The van der Waals surface area contributed by atoms with E-state index < -0.39 is 0 Å². The lowest BCUT2D eigenvalue weighted by atomic mass is 10.1. The third-order valence-corrected chi connectivity index (χ3v) is 4.62. The van der Waals surface area contributed by atoms with Gasteiger partial charge in [-0.15, -0.1) is 0 Å². The summed E-state index contributed by atoms with van der Waals surface area (Å²) in [4.78, 5) is 24.4. The standard InChI is InChI=1S/C23H24N2O4/c1-28-20-10-9-19(21(14-20)29-2)15-25-22(26)11-12-24-23(27)18-8-7-16-5-3-4-6-17(16)13-18/h3-10,13-14H,11-12,15H2,1-2H3,(H,24,27)(H,25,26). The fourth-order valence-electron chi connectivity index (χ4n) is 3.00. The summed E-state index contributed by atoms with van der Waals surface area (Å²) in [7, 11) is 3.16. The Bertz CT molecular complexity index is 1020. The highest BCUT2D eigenvalue weighted by Gasteiger charge is 2.09. The van der Waals surface area contributed by atoms with E-state index in [4.69, 9.17) is 9.47 Å². The Morgan fingerprint density at radius 3 is 2.41 bits per heavy atom. The summed E-state index contributed by atoms with van der Waals surface area (Å²) in [6.45, 7) is 0.599. The Hall–Kier alpha value is -3.54. The number of ether oxygens (including phenoxy) is 2. The lowest BCUT2D eigenvalue weighted by Gasteiger charge is -2.11. The number of benzene rings is 3. The predicted molar refractivity (Wildman–Crippen MR) is 112 cm³/mol. The Balaban J connectivity index is 1.47. The van der Waals surface area contributed by atoms with Crippen molar-refractivity contribution in [3.63, 3.8) is 0 Å². The molecule has 0 saturated carbocycles. The predicted octanol–water partition coefficient (Wildman–Crippen LogP) is 3.29. The number of carbonyl (C=O) groups is 2. The summed E-state index contributed by atoms with van der Waals surface area (Å²) in [6, 6.07) is 18.8. The monoisotopic (exact) mass is 392 g/mol. The van der Waals surface area contributed by atoms with Crippen molar-refractivity contribution >= 4 is 22.6 Å². The zero-order valence-electron chi connectivity index (χ0n) is 16.5. The van der Waals surface area contributed by atoms with Crippen LogP contribution in [-0.4, -0.2) is 32.6 Å². The third kappa shape index (κ3) is 5.25. The molecule has 3 aromatic carbocycles. The first-order valence-electron chi connectivity index (χ1n) is 9.35. The van der Waals surface area contributed by atoms with Crippen LogP contribution in [0.2, 0.25) is 0 Å². The number of nitrogens with one attached hydrogen (secondary N) is 2. The van der Waals surface area contributed by atoms with Crippen molar-refractivity contribution in [3.05, 3.63) is 71.8 Å². The van der Waals surface area contributed by atoms with Crippen molar-refractivity contribution in [2.45, 2.75) is 13.0 Å². The molecular formula is C23H24N2O4. The third-order valence-electron chi connectivity index (χ3n) is 4.62. The van der Waals surface area contributed by atoms with Gasteiger partial charge in [0, 0.05) is 36.7 Å². The summed E-state index contributed by atoms with van der Waals surface area (Å²) >= 11 is 0. The van der Waals surface area contributed by atoms with E-state index in [9.17, 15) is 9.59 Å². The van der Waals surface area contributed by atoms with E-state index in [2.05, 4.69) is 10.6 Å². The summed E-state index contributed by atoms with van der Waals surface area (Å²) < 4.78 is 10.5. The Labute approximate surface area is 169 Å². The van der Waals surface area contributed by atoms with Crippen molar-refractivity contribution in [3.8, 4) is 11.5 Å². The molecule has 0 bridgehead atoms. The summed E-state index contributed by atoms with van der Waals surface area (Å²) in [5.41, 5.74) is 1.42. The number of methoxy groups -OCH3 is 2.